The highest BCUT2D eigenvalue weighted by atomic mass is 35.5. The number of rotatable bonds is 5. The topological polar surface area (TPSA) is 44.7 Å². The number of alkyl halides is 3. The van der Waals surface area contributed by atoms with Crippen LogP contribution >= 0.6 is 24.8 Å². The Morgan fingerprint density at radius 3 is 2.42 bits per heavy atom. The van der Waals surface area contributed by atoms with Crippen molar-refractivity contribution in [3.63, 3.8) is 0 Å². The van der Waals surface area contributed by atoms with Gasteiger partial charge in [0, 0.05) is 38.6 Å². The number of nitrogens with zero attached hydrogens (tertiary/aromatic N) is 1. The van der Waals surface area contributed by atoms with Crippen molar-refractivity contribution in [3.8, 4) is 11.5 Å². The Hall–Kier alpha value is -0.890. The van der Waals surface area contributed by atoms with E-state index in [1.54, 1.807) is 12.1 Å². The van der Waals surface area contributed by atoms with E-state index in [9.17, 15) is 18.3 Å². The number of hydrogen-bond donors (Lipinski definition) is 2. The maximum Gasteiger partial charge on any atom is 0.389 e. The quantitative estimate of drug-likeness (QED) is 0.806. The summed E-state index contributed by atoms with van der Waals surface area (Å²) in [6.07, 6.45) is -5.21. The third-order valence-corrected chi connectivity index (χ3v) is 3.89. The molecule has 0 amide bonds. The van der Waals surface area contributed by atoms with Crippen LogP contribution < -0.4 is 10.1 Å². The average molecular weight is 391 g/mol. The van der Waals surface area contributed by atoms with Gasteiger partial charge in [0.1, 0.15) is 11.5 Å². The van der Waals surface area contributed by atoms with Gasteiger partial charge >= 0.3 is 6.18 Å². The molecule has 0 bridgehead atoms. The second-order valence-corrected chi connectivity index (χ2v) is 5.35. The van der Waals surface area contributed by atoms with E-state index in [0.29, 0.717) is 24.4 Å². The number of halogens is 5. The zero-order chi connectivity index (χ0) is 16.2. The number of phenols is 1. The minimum absolute atomic E-state index is 0. The third kappa shape index (κ3) is 6.20. The molecular weight excluding hydrogens is 368 g/mol. The summed E-state index contributed by atoms with van der Waals surface area (Å²) in [4.78, 5) is 1.97. The molecule has 4 nitrogen and oxygen atoms in total. The number of ether oxygens (including phenoxy) is 1. The van der Waals surface area contributed by atoms with Gasteiger partial charge in [-0.15, -0.1) is 24.8 Å². The maximum atomic E-state index is 12.7. The van der Waals surface area contributed by atoms with Crippen molar-refractivity contribution in [3.05, 3.63) is 23.8 Å². The fourth-order valence-electron chi connectivity index (χ4n) is 2.85. The van der Waals surface area contributed by atoms with Crippen LogP contribution in [0.4, 0.5) is 13.2 Å². The van der Waals surface area contributed by atoms with Gasteiger partial charge in [0.05, 0.1) is 12.7 Å². The lowest BCUT2D eigenvalue weighted by Gasteiger charge is -2.36. The molecule has 1 aromatic rings. The van der Waals surface area contributed by atoms with Crippen LogP contribution in [-0.2, 0) is 0 Å². The molecule has 9 heteroatoms. The minimum Gasteiger partial charge on any atom is -0.507 e. The van der Waals surface area contributed by atoms with Gasteiger partial charge < -0.3 is 15.2 Å². The highest BCUT2D eigenvalue weighted by molar-refractivity contribution is 5.85. The summed E-state index contributed by atoms with van der Waals surface area (Å²) in [5.74, 6) is 0.399. The smallest absolute Gasteiger partial charge is 0.389 e. The van der Waals surface area contributed by atoms with Gasteiger partial charge in [0.2, 0.25) is 0 Å². The molecular formula is C15H23Cl2F3N2O2. The number of phenolic OH excluding ortho intramolecular Hbond substituents is 1. The van der Waals surface area contributed by atoms with Crippen molar-refractivity contribution < 1.29 is 23.0 Å². The molecule has 0 spiro atoms. The molecule has 0 aliphatic carbocycles. The Bertz CT molecular complexity index is 498. The van der Waals surface area contributed by atoms with Crippen LogP contribution in [0.15, 0.2) is 18.2 Å². The number of benzene rings is 1. The van der Waals surface area contributed by atoms with E-state index in [-0.39, 0.29) is 37.0 Å². The minimum atomic E-state index is -4.22. The number of aromatic hydroxyl groups is 1. The average Bonchev–Trinajstić information content (AvgIpc) is 2.48. The second kappa shape index (κ2) is 10.2. The highest BCUT2D eigenvalue weighted by Crippen LogP contribution is 2.40. The van der Waals surface area contributed by atoms with E-state index in [4.69, 9.17) is 4.74 Å². The normalized spacial score (nSPS) is 16.7. The van der Waals surface area contributed by atoms with Crippen LogP contribution in [0.3, 0.4) is 0 Å². The van der Waals surface area contributed by atoms with Gasteiger partial charge in [-0.2, -0.15) is 13.2 Å². The van der Waals surface area contributed by atoms with Crippen molar-refractivity contribution >= 4 is 24.8 Å². The number of piperazine rings is 1. The van der Waals surface area contributed by atoms with Gasteiger partial charge in [0.25, 0.3) is 0 Å². The molecule has 1 aliphatic heterocycles. The zero-order valence-corrected chi connectivity index (χ0v) is 14.9. The molecule has 0 radical (unpaired) electrons. The van der Waals surface area contributed by atoms with E-state index in [1.165, 1.54) is 13.2 Å². The number of hydrogen-bond acceptors (Lipinski definition) is 4. The predicted octanol–water partition coefficient (Wildman–Crippen LogP) is 3.53. The van der Waals surface area contributed by atoms with Gasteiger partial charge in [-0.3, -0.25) is 4.90 Å². The lowest BCUT2D eigenvalue weighted by molar-refractivity contribution is -0.138. The lowest BCUT2D eigenvalue weighted by atomic mass is 9.97. The summed E-state index contributed by atoms with van der Waals surface area (Å²) in [6, 6.07) is 4.26. The third-order valence-electron chi connectivity index (χ3n) is 3.89. The SMILES string of the molecule is COc1cccc(O)c1[C@@H](CCC(F)(F)F)N1CCNCC1.Cl.Cl. The maximum absolute atomic E-state index is 12.7. The molecule has 1 fully saturated rings. The van der Waals surface area contributed by atoms with Gasteiger partial charge in [-0.25, -0.2) is 0 Å². The van der Waals surface area contributed by atoms with E-state index >= 15 is 0 Å². The lowest BCUT2D eigenvalue weighted by Crippen LogP contribution is -2.45. The van der Waals surface area contributed by atoms with Crippen molar-refractivity contribution in [2.45, 2.75) is 25.1 Å². The fourth-order valence-corrected chi connectivity index (χ4v) is 2.85. The predicted molar refractivity (Wildman–Crippen MR) is 91.6 cm³/mol. The van der Waals surface area contributed by atoms with Crippen LogP contribution in [-0.4, -0.2) is 49.5 Å². The number of methoxy groups -OCH3 is 1. The molecule has 1 saturated heterocycles. The van der Waals surface area contributed by atoms with Crippen molar-refractivity contribution in [2.24, 2.45) is 0 Å². The van der Waals surface area contributed by atoms with Crippen molar-refractivity contribution in [2.75, 3.05) is 33.3 Å². The van der Waals surface area contributed by atoms with Gasteiger partial charge in [-0.1, -0.05) is 6.07 Å². The largest absolute Gasteiger partial charge is 0.507 e. The standard InChI is InChI=1S/C15H21F3N2O2.2ClH/c1-22-13-4-2-3-12(21)14(13)11(5-6-15(16,17)18)20-9-7-19-8-10-20;;/h2-4,11,19,21H,5-10H2,1H3;2*1H/t11-;;/m1../s1. The first-order valence-corrected chi connectivity index (χ1v) is 7.30. The van der Waals surface area contributed by atoms with Crippen molar-refractivity contribution in [1.29, 1.82) is 0 Å². The van der Waals surface area contributed by atoms with Crippen LogP contribution in [0.1, 0.15) is 24.4 Å². The summed E-state index contributed by atoms with van der Waals surface area (Å²) < 4.78 is 43.2. The van der Waals surface area contributed by atoms with Gasteiger partial charge in [-0.05, 0) is 18.6 Å². The summed E-state index contributed by atoms with van der Waals surface area (Å²) >= 11 is 0. The van der Waals surface area contributed by atoms with E-state index in [1.807, 2.05) is 4.90 Å². The van der Waals surface area contributed by atoms with Crippen LogP contribution in [0, 0.1) is 0 Å². The fraction of sp³-hybridized carbons (Fsp3) is 0.600. The Morgan fingerprint density at radius 2 is 1.88 bits per heavy atom. The summed E-state index contributed by atoms with van der Waals surface area (Å²) in [5.41, 5.74) is 0.441. The highest BCUT2D eigenvalue weighted by Gasteiger charge is 2.33. The first-order valence-electron chi connectivity index (χ1n) is 7.30. The molecule has 2 N–H and O–H groups in total. The molecule has 1 heterocycles. The molecule has 1 atom stereocenters. The molecule has 0 unspecified atom stereocenters. The summed E-state index contributed by atoms with van der Waals surface area (Å²) in [5, 5.41) is 13.3. The van der Waals surface area contributed by atoms with Crippen molar-refractivity contribution in [1.82, 2.24) is 10.2 Å². The first-order chi connectivity index (χ1) is 10.4. The van der Waals surface area contributed by atoms with Crippen LogP contribution in [0.25, 0.3) is 0 Å². The molecule has 0 aromatic heterocycles. The first kappa shape index (κ1) is 23.1. The Balaban J connectivity index is 0.00000264. The molecule has 1 aliphatic rings. The molecule has 1 aromatic carbocycles. The molecule has 140 valence electrons. The Kier molecular flexibility index (Phi) is 9.80. The Morgan fingerprint density at radius 1 is 1.25 bits per heavy atom. The van der Waals surface area contributed by atoms with Gasteiger partial charge in [0.15, 0.2) is 0 Å². The monoisotopic (exact) mass is 390 g/mol. The molecule has 0 saturated carbocycles. The number of nitrogens with one attached hydrogen (secondary N) is 1. The summed E-state index contributed by atoms with van der Waals surface area (Å²) in [6.45, 7) is 2.72. The van der Waals surface area contributed by atoms with Crippen LogP contribution in [0.5, 0.6) is 11.5 Å². The van der Waals surface area contributed by atoms with Crippen LogP contribution in [0.2, 0.25) is 0 Å². The second-order valence-electron chi connectivity index (χ2n) is 5.35. The zero-order valence-electron chi connectivity index (χ0n) is 13.3. The van der Waals surface area contributed by atoms with E-state index in [2.05, 4.69) is 5.32 Å². The van der Waals surface area contributed by atoms with E-state index < -0.39 is 18.6 Å². The molecule has 24 heavy (non-hydrogen) atoms. The van der Waals surface area contributed by atoms with E-state index in [0.717, 1.165) is 13.1 Å². The Labute approximate surface area is 152 Å². The summed E-state index contributed by atoms with van der Waals surface area (Å²) in [7, 11) is 1.46. The molecule has 2 rings (SSSR count).